The van der Waals surface area contributed by atoms with Crippen LogP contribution in [0, 0.1) is 0 Å². The van der Waals surface area contributed by atoms with Gasteiger partial charge in [0.2, 0.25) is 5.91 Å². The second kappa shape index (κ2) is 8.55. The highest BCUT2D eigenvalue weighted by Gasteiger charge is 2.30. The Kier molecular flexibility index (Phi) is 7.28. The zero-order chi connectivity index (χ0) is 19.3. The molecule has 0 aliphatic rings. The molecular weight excluding hydrogens is 310 g/mol. The van der Waals surface area contributed by atoms with Gasteiger partial charge in [0, 0.05) is 16.8 Å². The van der Waals surface area contributed by atoms with E-state index in [1.54, 1.807) is 6.08 Å². The van der Waals surface area contributed by atoms with Crippen LogP contribution in [-0.4, -0.2) is 11.0 Å². The average molecular weight is 346 g/mol. The first-order chi connectivity index (χ1) is 11.6. The highest BCUT2D eigenvalue weighted by Crippen LogP contribution is 2.44. The lowest BCUT2D eigenvalue weighted by Gasteiger charge is -2.32. The SMILES string of the molecule is CC=CC(=O)Nc1cc(C(C)(C)CCC)c(O)c(C(C)(C)CCC)c1. The van der Waals surface area contributed by atoms with Crippen molar-refractivity contribution in [2.24, 2.45) is 0 Å². The van der Waals surface area contributed by atoms with Crippen LogP contribution in [0.2, 0.25) is 0 Å². The maximum atomic E-state index is 12.0. The summed E-state index contributed by atoms with van der Waals surface area (Å²) in [6, 6.07) is 3.86. The number of phenolic OH excluding ortho intramolecular Hbond substituents is 1. The number of aromatic hydroxyl groups is 1. The lowest BCUT2D eigenvalue weighted by atomic mass is 9.74. The topological polar surface area (TPSA) is 49.3 Å². The monoisotopic (exact) mass is 345 g/mol. The van der Waals surface area contributed by atoms with Crippen molar-refractivity contribution in [3.05, 3.63) is 35.4 Å². The predicted octanol–water partition coefficient (Wildman–Crippen LogP) is 6.06. The van der Waals surface area contributed by atoms with Crippen molar-refractivity contribution in [1.29, 1.82) is 0 Å². The molecule has 0 bridgehead atoms. The van der Waals surface area contributed by atoms with E-state index in [1.807, 2.05) is 19.1 Å². The van der Waals surface area contributed by atoms with Crippen molar-refractivity contribution in [3.63, 3.8) is 0 Å². The van der Waals surface area contributed by atoms with E-state index in [0.717, 1.165) is 42.5 Å². The fraction of sp³-hybridized carbons (Fsp3) is 0.591. The zero-order valence-electron chi connectivity index (χ0n) is 17.0. The molecule has 0 atom stereocenters. The smallest absolute Gasteiger partial charge is 0.248 e. The van der Waals surface area contributed by atoms with Crippen molar-refractivity contribution in [2.45, 2.75) is 85.0 Å². The van der Waals surface area contributed by atoms with Crippen molar-refractivity contribution in [2.75, 3.05) is 5.32 Å². The standard InChI is InChI=1S/C22H35NO2/c1-8-11-19(24)23-16-14-17(21(4,5)12-9-2)20(25)18(15-16)22(6,7)13-10-3/h8,11,14-15,25H,9-10,12-13H2,1-7H3,(H,23,24). The average Bonchev–Trinajstić information content (AvgIpc) is 2.48. The number of anilines is 1. The maximum Gasteiger partial charge on any atom is 0.248 e. The molecule has 0 aliphatic heterocycles. The first-order valence-electron chi connectivity index (χ1n) is 9.40. The van der Waals surface area contributed by atoms with E-state index >= 15 is 0 Å². The van der Waals surface area contributed by atoms with E-state index < -0.39 is 0 Å². The Bertz CT molecular complexity index is 588. The van der Waals surface area contributed by atoms with Gasteiger partial charge in [-0.25, -0.2) is 0 Å². The van der Waals surface area contributed by atoms with Crippen molar-refractivity contribution in [1.82, 2.24) is 0 Å². The van der Waals surface area contributed by atoms with E-state index in [2.05, 4.69) is 46.9 Å². The van der Waals surface area contributed by atoms with Gasteiger partial charge in [0.05, 0.1) is 0 Å². The summed E-state index contributed by atoms with van der Waals surface area (Å²) >= 11 is 0. The summed E-state index contributed by atoms with van der Waals surface area (Å²) in [5, 5.41) is 14.0. The number of allylic oxidation sites excluding steroid dienone is 1. The fourth-order valence-electron chi connectivity index (χ4n) is 3.59. The number of amides is 1. The summed E-state index contributed by atoms with van der Waals surface area (Å²) in [7, 11) is 0. The minimum Gasteiger partial charge on any atom is -0.507 e. The van der Waals surface area contributed by atoms with Crippen LogP contribution in [-0.2, 0) is 15.6 Å². The molecule has 3 nitrogen and oxygen atoms in total. The lowest BCUT2D eigenvalue weighted by Crippen LogP contribution is -2.22. The molecule has 1 aromatic carbocycles. The normalized spacial score (nSPS) is 12.6. The third-order valence-electron chi connectivity index (χ3n) is 4.90. The number of carbonyl (C=O) groups is 1. The molecule has 0 heterocycles. The Labute approximate surface area is 153 Å². The Hall–Kier alpha value is -1.77. The minimum absolute atomic E-state index is 0.147. The third-order valence-corrected chi connectivity index (χ3v) is 4.90. The highest BCUT2D eigenvalue weighted by molar-refractivity contribution is 5.99. The van der Waals surface area contributed by atoms with Crippen molar-refractivity contribution < 1.29 is 9.90 Å². The van der Waals surface area contributed by atoms with Gasteiger partial charge < -0.3 is 10.4 Å². The first kappa shape index (κ1) is 21.3. The number of rotatable bonds is 8. The molecule has 140 valence electrons. The van der Waals surface area contributed by atoms with E-state index in [-0.39, 0.29) is 16.7 Å². The number of phenols is 1. The summed E-state index contributed by atoms with van der Waals surface area (Å²) in [6.45, 7) is 14.7. The van der Waals surface area contributed by atoms with Gasteiger partial charge in [-0.15, -0.1) is 0 Å². The van der Waals surface area contributed by atoms with Gasteiger partial charge in [0.1, 0.15) is 5.75 Å². The Morgan fingerprint density at radius 3 is 1.84 bits per heavy atom. The third kappa shape index (κ3) is 5.35. The molecule has 1 rings (SSSR count). The summed E-state index contributed by atoms with van der Waals surface area (Å²) in [5.41, 5.74) is 2.26. The van der Waals surface area contributed by atoms with Gasteiger partial charge in [0.15, 0.2) is 0 Å². The van der Waals surface area contributed by atoms with Crippen molar-refractivity contribution in [3.8, 4) is 5.75 Å². The van der Waals surface area contributed by atoms with Crippen LogP contribution >= 0.6 is 0 Å². The molecule has 0 aliphatic carbocycles. The molecule has 0 spiro atoms. The molecule has 1 amide bonds. The summed E-state index contributed by atoms with van der Waals surface area (Å²) < 4.78 is 0. The van der Waals surface area contributed by atoms with Crippen LogP contribution < -0.4 is 5.32 Å². The number of benzene rings is 1. The van der Waals surface area contributed by atoms with Crippen LogP contribution in [0.25, 0.3) is 0 Å². The maximum absolute atomic E-state index is 12.0. The van der Waals surface area contributed by atoms with E-state index in [0.29, 0.717) is 5.75 Å². The lowest BCUT2D eigenvalue weighted by molar-refractivity contribution is -0.111. The van der Waals surface area contributed by atoms with E-state index in [9.17, 15) is 9.90 Å². The molecule has 0 fully saturated rings. The van der Waals surface area contributed by atoms with Crippen LogP contribution in [0.15, 0.2) is 24.3 Å². The quantitative estimate of drug-likeness (QED) is 0.444. The Balaban J connectivity index is 3.53. The van der Waals surface area contributed by atoms with Crippen LogP contribution in [0.5, 0.6) is 5.75 Å². The molecule has 2 N–H and O–H groups in total. The highest BCUT2D eigenvalue weighted by atomic mass is 16.3. The number of hydrogen-bond donors (Lipinski definition) is 2. The van der Waals surface area contributed by atoms with Crippen molar-refractivity contribution >= 4 is 11.6 Å². The molecule has 0 saturated carbocycles. The van der Waals surface area contributed by atoms with Gasteiger partial charge >= 0.3 is 0 Å². The first-order valence-corrected chi connectivity index (χ1v) is 9.40. The van der Waals surface area contributed by atoms with E-state index in [4.69, 9.17) is 0 Å². The number of hydrogen-bond acceptors (Lipinski definition) is 2. The molecular formula is C22H35NO2. The zero-order valence-corrected chi connectivity index (χ0v) is 17.0. The summed E-state index contributed by atoms with van der Waals surface area (Å²) in [6.07, 6.45) is 7.26. The van der Waals surface area contributed by atoms with E-state index in [1.165, 1.54) is 6.08 Å². The molecule has 0 aromatic heterocycles. The molecule has 0 radical (unpaired) electrons. The Morgan fingerprint density at radius 2 is 1.48 bits per heavy atom. The van der Waals surface area contributed by atoms with Gasteiger partial charge in [-0.3, -0.25) is 4.79 Å². The minimum atomic E-state index is -0.156. The van der Waals surface area contributed by atoms with Crippen LogP contribution in [0.3, 0.4) is 0 Å². The fourth-order valence-corrected chi connectivity index (χ4v) is 3.59. The van der Waals surface area contributed by atoms with Gasteiger partial charge in [-0.05, 0) is 48.8 Å². The van der Waals surface area contributed by atoms with Gasteiger partial charge in [0.25, 0.3) is 0 Å². The summed E-state index contributed by atoms with van der Waals surface area (Å²) in [4.78, 5) is 12.0. The molecule has 3 heteroatoms. The summed E-state index contributed by atoms with van der Waals surface area (Å²) in [5.74, 6) is 0.229. The molecule has 1 aromatic rings. The molecule has 25 heavy (non-hydrogen) atoms. The predicted molar refractivity (Wildman–Crippen MR) is 107 cm³/mol. The van der Waals surface area contributed by atoms with Crippen LogP contribution in [0.1, 0.15) is 85.3 Å². The molecule has 0 saturated heterocycles. The number of nitrogens with one attached hydrogen (secondary N) is 1. The largest absolute Gasteiger partial charge is 0.507 e. The number of carbonyl (C=O) groups excluding carboxylic acids is 1. The van der Waals surface area contributed by atoms with Crippen LogP contribution in [0.4, 0.5) is 5.69 Å². The van der Waals surface area contributed by atoms with Gasteiger partial charge in [-0.1, -0.05) is 60.5 Å². The second-order valence-electron chi connectivity index (χ2n) is 8.18. The Morgan fingerprint density at radius 1 is 1.04 bits per heavy atom. The van der Waals surface area contributed by atoms with Gasteiger partial charge in [-0.2, -0.15) is 0 Å². The second-order valence-corrected chi connectivity index (χ2v) is 8.18. The molecule has 0 unspecified atom stereocenters.